The summed E-state index contributed by atoms with van der Waals surface area (Å²) in [7, 11) is 1.96. The van der Waals surface area contributed by atoms with E-state index in [-0.39, 0.29) is 5.41 Å². The molecule has 1 atom stereocenters. The molecule has 1 unspecified atom stereocenters. The van der Waals surface area contributed by atoms with Crippen LogP contribution >= 0.6 is 0 Å². The van der Waals surface area contributed by atoms with Crippen molar-refractivity contribution in [3.8, 4) is 0 Å². The van der Waals surface area contributed by atoms with E-state index in [1.807, 2.05) is 7.05 Å². The standard InChI is InChI=1S/C18H27NO/c1-7-12(2)13-8-9-15-14(10-13)17(18(3,4)5)16(20-15)11-19-6/h8-10,12,19H,7,11H2,1-6H3. The molecule has 0 spiro atoms. The zero-order valence-corrected chi connectivity index (χ0v) is 13.6. The van der Waals surface area contributed by atoms with Gasteiger partial charge in [0.05, 0.1) is 6.54 Å². The predicted molar refractivity (Wildman–Crippen MR) is 86.4 cm³/mol. The van der Waals surface area contributed by atoms with Crippen LogP contribution in [-0.2, 0) is 12.0 Å². The maximum atomic E-state index is 6.07. The van der Waals surface area contributed by atoms with Gasteiger partial charge in [-0.15, -0.1) is 0 Å². The quantitative estimate of drug-likeness (QED) is 0.851. The van der Waals surface area contributed by atoms with E-state index in [9.17, 15) is 0 Å². The first kappa shape index (κ1) is 15.1. The summed E-state index contributed by atoms with van der Waals surface area (Å²) < 4.78 is 6.07. The fraction of sp³-hybridized carbons (Fsp3) is 0.556. The summed E-state index contributed by atoms with van der Waals surface area (Å²) >= 11 is 0. The van der Waals surface area contributed by atoms with Gasteiger partial charge in [0.2, 0.25) is 0 Å². The SMILES string of the molecule is CCC(C)c1ccc2oc(CNC)c(C(C)(C)C)c2c1. The van der Waals surface area contributed by atoms with E-state index >= 15 is 0 Å². The normalized spacial score (nSPS) is 13.9. The van der Waals surface area contributed by atoms with E-state index in [1.54, 1.807) is 0 Å². The number of rotatable bonds is 4. The maximum Gasteiger partial charge on any atom is 0.134 e. The second kappa shape index (κ2) is 5.61. The minimum absolute atomic E-state index is 0.0888. The lowest BCUT2D eigenvalue weighted by Gasteiger charge is -2.19. The van der Waals surface area contributed by atoms with Crippen molar-refractivity contribution >= 4 is 11.0 Å². The molecule has 0 saturated carbocycles. The monoisotopic (exact) mass is 273 g/mol. The van der Waals surface area contributed by atoms with Crippen LogP contribution in [0, 0.1) is 0 Å². The topological polar surface area (TPSA) is 25.2 Å². The molecule has 0 amide bonds. The Morgan fingerprint density at radius 3 is 2.50 bits per heavy atom. The van der Waals surface area contributed by atoms with Crippen LogP contribution in [0.4, 0.5) is 0 Å². The van der Waals surface area contributed by atoms with Crippen LogP contribution in [0.2, 0.25) is 0 Å². The summed E-state index contributed by atoms with van der Waals surface area (Å²) in [5.74, 6) is 1.66. The summed E-state index contributed by atoms with van der Waals surface area (Å²) in [6.07, 6.45) is 1.16. The molecule has 1 N–H and O–H groups in total. The highest BCUT2D eigenvalue weighted by molar-refractivity contribution is 5.84. The van der Waals surface area contributed by atoms with Crippen molar-refractivity contribution in [3.05, 3.63) is 35.1 Å². The van der Waals surface area contributed by atoms with Gasteiger partial charge in [0.15, 0.2) is 0 Å². The van der Waals surface area contributed by atoms with Gasteiger partial charge in [-0.25, -0.2) is 0 Å². The molecule has 0 radical (unpaired) electrons. The minimum Gasteiger partial charge on any atom is -0.459 e. The van der Waals surface area contributed by atoms with E-state index in [4.69, 9.17) is 4.42 Å². The van der Waals surface area contributed by atoms with E-state index in [1.165, 1.54) is 16.5 Å². The zero-order valence-electron chi connectivity index (χ0n) is 13.6. The summed E-state index contributed by atoms with van der Waals surface area (Å²) in [4.78, 5) is 0. The van der Waals surface area contributed by atoms with E-state index in [0.29, 0.717) is 5.92 Å². The minimum atomic E-state index is 0.0888. The fourth-order valence-corrected chi connectivity index (χ4v) is 2.82. The molecule has 1 aromatic heterocycles. The van der Waals surface area contributed by atoms with Crippen LogP contribution < -0.4 is 5.32 Å². The third-order valence-electron chi connectivity index (χ3n) is 4.05. The van der Waals surface area contributed by atoms with Gasteiger partial charge in [-0.1, -0.05) is 40.7 Å². The molecule has 1 aromatic carbocycles. The summed E-state index contributed by atoms with van der Waals surface area (Å²) in [6, 6.07) is 6.66. The van der Waals surface area contributed by atoms with Gasteiger partial charge in [0, 0.05) is 10.9 Å². The number of fused-ring (bicyclic) bond motifs is 1. The number of benzene rings is 1. The Hall–Kier alpha value is -1.28. The van der Waals surface area contributed by atoms with Crippen LogP contribution in [0.15, 0.2) is 22.6 Å². The maximum absolute atomic E-state index is 6.07. The number of hydrogen-bond donors (Lipinski definition) is 1. The van der Waals surface area contributed by atoms with Crippen molar-refractivity contribution < 1.29 is 4.42 Å². The molecular formula is C18H27NO. The molecule has 0 aliphatic carbocycles. The molecule has 2 nitrogen and oxygen atoms in total. The Labute approximate surface area is 122 Å². The summed E-state index contributed by atoms with van der Waals surface area (Å²) in [6.45, 7) is 12.1. The molecule has 0 bridgehead atoms. The Bertz CT molecular complexity index is 589. The van der Waals surface area contributed by atoms with E-state index < -0.39 is 0 Å². The Morgan fingerprint density at radius 1 is 1.25 bits per heavy atom. The number of hydrogen-bond acceptors (Lipinski definition) is 2. The second-order valence-corrected chi connectivity index (χ2v) is 6.75. The summed E-state index contributed by atoms with van der Waals surface area (Å²) in [5.41, 5.74) is 3.84. The van der Waals surface area contributed by atoms with Gasteiger partial charge in [-0.3, -0.25) is 0 Å². The van der Waals surface area contributed by atoms with Crippen molar-refractivity contribution in [1.82, 2.24) is 5.32 Å². The van der Waals surface area contributed by atoms with Gasteiger partial charge < -0.3 is 9.73 Å². The first-order chi connectivity index (χ1) is 9.38. The van der Waals surface area contributed by atoms with Crippen molar-refractivity contribution in [2.75, 3.05) is 7.05 Å². The molecule has 2 heteroatoms. The average Bonchev–Trinajstić information content (AvgIpc) is 2.74. The van der Waals surface area contributed by atoms with Crippen molar-refractivity contribution in [2.45, 2.75) is 58.9 Å². The predicted octanol–water partition coefficient (Wildman–Crippen LogP) is 4.96. The van der Waals surface area contributed by atoms with Crippen LogP contribution in [-0.4, -0.2) is 7.05 Å². The van der Waals surface area contributed by atoms with Crippen LogP contribution in [0.3, 0.4) is 0 Å². The van der Waals surface area contributed by atoms with Crippen LogP contribution in [0.5, 0.6) is 0 Å². The first-order valence-electron chi connectivity index (χ1n) is 7.58. The lowest BCUT2D eigenvalue weighted by atomic mass is 9.84. The van der Waals surface area contributed by atoms with E-state index in [0.717, 1.165) is 24.3 Å². The van der Waals surface area contributed by atoms with Gasteiger partial charge in [0.25, 0.3) is 0 Å². The molecule has 0 aliphatic heterocycles. The van der Waals surface area contributed by atoms with Gasteiger partial charge in [0.1, 0.15) is 11.3 Å². The highest BCUT2D eigenvalue weighted by atomic mass is 16.3. The van der Waals surface area contributed by atoms with Gasteiger partial charge in [-0.2, -0.15) is 0 Å². The average molecular weight is 273 g/mol. The lowest BCUT2D eigenvalue weighted by molar-refractivity contribution is 0.495. The molecule has 0 aliphatic rings. The smallest absolute Gasteiger partial charge is 0.134 e. The van der Waals surface area contributed by atoms with Crippen molar-refractivity contribution in [1.29, 1.82) is 0 Å². The molecule has 1 heterocycles. The van der Waals surface area contributed by atoms with Gasteiger partial charge >= 0.3 is 0 Å². The molecule has 110 valence electrons. The Kier molecular flexibility index (Phi) is 4.24. The molecule has 2 aromatic rings. The van der Waals surface area contributed by atoms with Crippen molar-refractivity contribution in [3.63, 3.8) is 0 Å². The fourth-order valence-electron chi connectivity index (χ4n) is 2.82. The number of furan rings is 1. The lowest BCUT2D eigenvalue weighted by Crippen LogP contribution is -2.16. The number of nitrogens with one attached hydrogen (secondary N) is 1. The highest BCUT2D eigenvalue weighted by Crippen LogP contribution is 2.37. The van der Waals surface area contributed by atoms with Crippen molar-refractivity contribution in [2.24, 2.45) is 0 Å². The van der Waals surface area contributed by atoms with Crippen LogP contribution in [0.1, 0.15) is 63.8 Å². The van der Waals surface area contributed by atoms with Gasteiger partial charge in [-0.05, 0) is 42.5 Å². The molecule has 2 rings (SSSR count). The second-order valence-electron chi connectivity index (χ2n) is 6.75. The molecule has 0 saturated heterocycles. The first-order valence-corrected chi connectivity index (χ1v) is 7.58. The Morgan fingerprint density at radius 2 is 1.95 bits per heavy atom. The third-order valence-corrected chi connectivity index (χ3v) is 4.05. The molecular weight excluding hydrogens is 246 g/mol. The Balaban J connectivity index is 2.66. The largest absolute Gasteiger partial charge is 0.459 e. The molecule has 20 heavy (non-hydrogen) atoms. The third kappa shape index (κ3) is 2.76. The zero-order chi connectivity index (χ0) is 14.9. The highest BCUT2D eigenvalue weighted by Gasteiger charge is 2.25. The van der Waals surface area contributed by atoms with Crippen LogP contribution in [0.25, 0.3) is 11.0 Å². The van der Waals surface area contributed by atoms with E-state index in [2.05, 4.69) is 58.1 Å². The molecule has 0 fully saturated rings. The summed E-state index contributed by atoms with van der Waals surface area (Å²) in [5, 5.41) is 4.49.